The lowest BCUT2D eigenvalue weighted by molar-refractivity contribution is 0.0663. The molecule has 1 fully saturated rings. The van der Waals surface area contributed by atoms with Crippen molar-refractivity contribution in [2.75, 3.05) is 26.3 Å². The van der Waals surface area contributed by atoms with Gasteiger partial charge in [0.05, 0.1) is 0 Å². The Hall–Kier alpha value is -1.64. The summed E-state index contributed by atoms with van der Waals surface area (Å²) in [6, 6.07) is 1.82. The van der Waals surface area contributed by atoms with E-state index in [1.807, 2.05) is 4.57 Å². The number of aromatic amines is 1. The van der Waals surface area contributed by atoms with Crippen LogP contribution in [0.1, 0.15) is 42.1 Å². The van der Waals surface area contributed by atoms with E-state index in [0.717, 1.165) is 75.5 Å². The predicted octanol–water partition coefficient (Wildman–Crippen LogP) is 4.25. The number of benzene rings is 1. The molecule has 1 atom stereocenters. The highest BCUT2D eigenvalue weighted by Gasteiger charge is 2.31. The molecular formula is C21H26F3N3OS. The summed E-state index contributed by atoms with van der Waals surface area (Å²) >= 11 is 5.40. The zero-order valence-corrected chi connectivity index (χ0v) is 17.1. The SMILES string of the molecule is Fc1ccc(F)c(C2Cc3c(CCCNCC4CCOCC4)[nH]c(=S)n3C2)c1F. The average molecular weight is 426 g/mol. The van der Waals surface area contributed by atoms with Crippen LogP contribution in [0.15, 0.2) is 12.1 Å². The molecule has 2 aliphatic rings. The summed E-state index contributed by atoms with van der Waals surface area (Å²) in [6.07, 6.45) is 4.44. The lowest BCUT2D eigenvalue weighted by atomic mass is 9.95. The molecule has 0 amide bonds. The van der Waals surface area contributed by atoms with E-state index in [-0.39, 0.29) is 5.56 Å². The van der Waals surface area contributed by atoms with E-state index in [1.165, 1.54) is 0 Å². The van der Waals surface area contributed by atoms with Crippen LogP contribution in [0.5, 0.6) is 0 Å². The Morgan fingerprint density at radius 3 is 2.72 bits per heavy atom. The Morgan fingerprint density at radius 2 is 1.93 bits per heavy atom. The fourth-order valence-corrected chi connectivity index (χ4v) is 4.77. The number of fused-ring (bicyclic) bond motifs is 1. The first kappa shape index (κ1) is 20.6. The molecule has 0 saturated carbocycles. The van der Waals surface area contributed by atoms with Crippen molar-refractivity contribution < 1.29 is 17.9 Å². The third-order valence-corrected chi connectivity index (χ3v) is 6.38. The molecule has 1 aromatic carbocycles. The second-order valence-corrected chi connectivity index (χ2v) is 8.37. The van der Waals surface area contributed by atoms with Gasteiger partial charge in [0, 0.05) is 42.6 Å². The van der Waals surface area contributed by atoms with Crippen molar-refractivity contribution >= 4 is 12.2 Å². The number of rotatable bonds is 7. The molecule has 8 heteroatoms. The number of hydrogen-bond acceptors (Lipinski definition) is 3. The van der Waals surface area contributed by atoms with Gasteiger partial charge in [-0.1, -0.05) is 0 Å². The average Bonchev–Trinajstić information content (AvgIpc) is 3.27. The third-order valence-electron chi connectivity index (χ3n) is 6.06. The minimum absolute atomic E-state index is 0.174. The molecule has 29 heavy (non-hydrogen) atoms. The highest BCUT2D eigenvalue weighted by Crippen LogP contribution is 2.35. The van der Waals surface area contributed by atoms with Crippen LogP contribution < -0.4 is 5.32 Å². The molecule has 0 aliphatic carbocycles. The van der Waals surface area contributed by atoms with Crippen LogP contribution in [0, 0.1) is 28.1 Å². The molecule has 0 radical (unpaired) electrons. The van der Waals surface area contributed by atoms with Gasteiger partial charge in [-0.25, -0.2) is 13.2 Å². The Bertz CT molecular complexity index is 921. The molecule has 1 unspecified atom stereocenters. The number of nitrogens with one attached hydrogen (secondary N) is 2. The van der Waals surface area contributed by atoms with Gasteiger partial charge in [-0.15, -0.1) is 0 Å². The van der Waals surface area contributed by atoms with Crippen molar-refractivity contribution in [3.8, 4) is 0 Å². The maximum atomic E-state index is 14.2. The monoisotopic (exact) mass is 425 g/mol. The Balaban J connectivity index is 1.35. The quantitative estimate of drug-likeness (QED) is 0.396. The summed E-state index contributed by atoms with van der Waals surface area (Å²) in [5, 5.41) is 3.51. The van der Waals surface area contributed by atoms with Crippen molar-refractivity contribution in [3.63, 3.8) is 0 Å². The summed E-state index contributed by atoms with van der Waals surface area (Å²) in [5.41, 5.74) is 1.82. The van der Waals surface area contributed by atoms with Crippen molar-refractivity contribution in [1.82, 2.24) is 14.9 Å². The van der Waals surface area contributed by atoms with Crippen molar-refractivity contribution in [3.05, 3.63) is 51.3 Å². The topological polar surface area (TPSA) is 42.0 Å². The van der Waals surface area contributed by atoms with Crippen LogP contribution >= 0.6 is 12.2 Å². The second kappa shape index (κ2) is 9.02. The largest absolute Gasteiger partial charge is 0.381 e. The van der Waals surface area contributed by atoms with E-state index in [1.54, 1.807) is 0 Å². The van der Waals surface area contributed by atoms with E-state index >= 15 is 0 Å². The summed E-state index contributed by atoms with van der Waals surface area (Å²) in [4.78, 5) is 3.24. The lowest BCUT2D eigenvalue weighted by Crippen LogP contribution is -2.28. The highest BCUT2D eigenvalue weighted by atomic mass is 32.1. The third kappa shape index (κ3) is 4.44. The van der Waals surface area contributed by atoms with Gasteiger partial charge < -0.3 is 19.6 Å². The van der Waals surface area contributed by atoms with Gasteiger partial charge in [-0.3, -0.25) is 0 Å². The molecule has 1 saturated heterocycles. The summed E-state index contributed by atoms with van der Waals surface area (Å²) in [7, 11) is 0. The molecule has 2 aromatic rings. The molecule has 0 bridgehead atoms. The molecule has 4 nitrogen and oxygen atoms in total. The van der Waals surface area contributed by atoms with Crippen molar-refractivity contribution in [2.24, 2.45) is 5.92 Å². The zero-order chi connectivity index (χ0) is 20.4. The summed E-state index contributed by atoms with van der Waals surface area (Å²) in [6.45, 7) is 3.98. The van der Waals surface area contributed by atoms with E-state index in [0.29, 0.717) is 23.7 Å². The Morgan fingerprint density at radius 1 is 1.17 bits per heavy atom. The standard InChI is InChI=1S/C21H26F3N3OS/c22-15-3-4-16(23)20(24)19(15)14-10-18-17(26-21(29)27(18)12-14)2-1-7-25-11-13-5-8-28-9-6-13/h3-4,13-14,25H,1-2,5-12H2,(H,26,29). The first-order chi connectivity index (χ1) is 14.0. The zero-order valence-electron chi connectivity index (χ0n) is 16.3. The van der Waals surface area contributed by atoms with Crippen LogP contribution in [-0.4, -0.2) is 35.9 Å². The molecule has 2 aliphatic heterocycles. The van der Waals surface area contributed by atoms with E-state index < -0.39 is 23.4 Å². The van der Waals surface area contributed by atoms with Crippen LogP contribution in [0.3, 0.4) is 0 Å². The molecule has 158 valence electrons. The molecule has 4 rings (SSSR count). The van der Waals surface area contributed by atoms with Gasteiger partial charge in [0.2, 0.25) is 0 Å². The van der Waals surface area contributed by atoms with Gasteiger partial charge in [-0.2, -0.15) is 0 Å². The predicted molar refractivity (Wildman–Crippen MR) is 107 cm³/mol. The van der Waals surface area contributed by atoms with Crippen LogP contribution in [0.4, 0.5) is 13.2 Å². The van der Waals surface area contributed by atoms with Crippen LogP contribution in [-0.2, 0) is 24.1 Å². The number of aryl methyl sites for hydroxylation is 1. The van der Waals surface area contributed by atoms with Gasteiger partial charge >= 0.3 is 0 Å². The fourth-order valence-electron chi connectivity index (χ4n) is 4.46. The number of halogens is 3. The minimum atomic E-state index is -1.09. The maximum absolute atomic E-state index is 14.2. The number of hydrogen-bond donors (Lipinski definition) is 2. The smallest absolute Gasteiger partial charge is 0.177 e. The van der Waals surface area contributed by atoms with Crippen LogP contribution in [0.2, 0.25) is 0 Å². The number of ether oxygens (including phenoxy) is 1. The summed E-state index contributed by atoms with van der Waals surface area (Å²) in [5.74, 6) is -2.56. The number of aromatic nitrogens is 2. The first-order valence-corrected chi connectivity index (χ1v) is 10.7. The van der Waals surface area contributed by atoms with E-state index in [9.17, 15) is 13.2 Å². The van der Waals surface area contributed by atoms with Crippen molar-refractivity contribution in [2.45, 2.75) is 44.6 Å². The number of nitrogens with zero attached hydrogens (tertiary/aromatic N) is 1. The molecule has 0 spiro atoms. The minimum Gasteiger partial charge on any atom is -0.381 e. The second-order valence-electron chi connectivity index (χ2n) is 7.99. The number of imidazole rings is 1. The normalized spacial score (nSPS) is 19.6. The van der Waals surface area contributed by atoms with Gasteiger partial charge in [-0.05, 0) is 75.5 Å². The summed E-state index contributed by atoms with van der Waals surface area (Å²) < 4.78 is 49.8. The molecular weight excluding hydrogens is 399 g/mol. The lowest BCUT2D eigenvalue weighted by Gasteiger charge is -2.22. The Kier molecular flexibility index (Phi) is 6.41. The van der Waals surface area contributed by atoms with E-state index in [4.69, 9.17) is 17.0 Å². The highest BCUT2D eigenvalue weighted by molar-refractivity contribution is 7.71. The van der Waals surface area contributed by atoms with Crippen molar-refractivity contribution in [1.29, 1.82) is 0 Å². The van der Waals surface area contributed by atoms with Gasteiger partial charge in [0.25, 0.3) is 0 Å². The number of H-pyrrole nitrogens is 1. The maximum Gasteiger partial charge on any atom is 0.177 e. The van der Waals surface area contributed by atoms with Gasteiger partial charge in [0.15, 0.2) is 16.4 Å². The van der Waals surface area contributed by atoms with Crippen LogP contribution in [0.25, 0.3) is 0 Å². The Labute approximate surface area is 173 Å². The molecule has 3 heterocycles. The van der Waals surface area contributed by atoms with E-state index in [2.05, 4.69) is 10.3 Å². The molecule has 2 N–H and O–H groups in total. The first-order valence-electron chi connectivity index (χ1n) is 10.3. The van der Waals surface area contributed by atoms with Gasteiger partial charge in [0.1, 0.15) is 5.82 Å². The molecule has 1 aromatic heterocycles. The fraction of sp³-hybridized carbons (Fsp3) is 0.571.